The molecule has 2 aliphatic rings. The average molecular weight is 284 g/mol. The van der Waals surface area contributed by atoms with Crippen LogP contribution in [0, 0.1) is 0 Å². The molecule has 3 heterocycles. The van der Waals surface area contributed by atoms with E-state index in [1.54, 1.807) is 0 Å². The minimum atomic E-state index is 0.159. The number of aromatic amines is 1. The lowest BCUT2D eigenvalue weighted by Crippen LogP contribution is -2.62. The van der Waals surface area contributed by atoms with Crippen LogP contribution >= 0.6 is 0 Å². The van der Waals surface area contributed by atoms with Crippen molar-refractivity contribution in [2.75, 3.05) is 39.3 Å². The van der Waals surface area contributed by atoms with E-state index < -0.39 is 0 Å². The van der Waals surface area contributed by atoms with Crippen molar-refractivity contribution in [3.8, 4) is 0 Å². The summed E-state index contributed by atoms with van der Waals surface area (Å²) in [4.78, 5) is 20.4. The Kier molecular flexibility index (Phi) is 3.16. The van der Waals surface area contributed by atoms with Gasteiger partial charge in [0.25, 0.3) is 5.91 Å². The molecule has 1 amide bonds. The molecule has 2 aliphatic heterocycles. The van der Waals surface area contributed by atoms with Crippen molar-refractivity contribution in [1.29, 1.82) is 0 Å². The van der Waals surface area contributed by atoms with Crippen LogP contribution in [0.2, 0.25) is 0 Å². The summed E-state index contributed by atoms with van der Waals surface area (Å²) in [7, 11) is 0. The third-order valence-corrected chi connectivity index (χ3v) is 4.70. The zero-order chi connectivity index (χ0) is 14.2. The van der Waals surface area contributed by atoms with E-state index in [9.17, 15) is 4.79 Å². The number of amides is 1. The number of nitrogens with one attached hydrogen (secondary N) is 2. The summed E-state index contributed by atoms with van der Waals surface area (Å²) in [6.45, 7) is 5.82. The van der Waals surface area contributed by atoms with Gasteiger partial charge in [0.15, 0.2) is 0 Å². The molecule has 0 saturated carbocycles. The van der Waals surface area contributed by atoms with Crippen molar-refractivity contribution < 1.29 is 4.79 Å². The summed E-state index contributed by atoms with van der Waals surface area (Å²) in [5.41, 5.74) is 1.84. The fourth-order valence-electron chi connectivity index (χ4n) is 3.26. The van der Waals surface area contributed by atoms with Crippen molar-refractivity contribution in [3.63, 3.8) is 0 Å². The number of nitrogens with zero attached hydrogens (tertiary/aromatic N) is 2. The molecule has 2 N–H and O–H groups in total. The smallest absolute Gasteiger partial charge is 0.254 e. The second-order valence-corrected chi connectivity index (χ2v) is 5.88. The predicted octanol–water partition coefficient (Wildman–Crippen LogP) is 0.897. The molecule has 21 heavy (non-hydrogen) atoms. The van der Waals surface area contributed by atoms with Crippen LogP contribution < -0.4 is 5.32 Å². The van der Waals surface area contributed by atoms with Crippen molar-refractivity contribution >= 4 is 16.8 Å². The number of aromatic nitrogens is 1. The molecule has 0 spiro atoms. The summed E-state index contributed by atoms with van der Waals surface area (Å²) in [5, 5.41) is 4.33. The molecular weight excluding hydrogens is 264 g/mol. The molecule has 0 radical (unpaired) electrons. The molecule has 0 bridgehead atoms. The zero-order valence-electron chi connectivity index (χ0n) is 12.0. The van der Waals surface area contributed by atoms with E-state index in [4.69, 9.17) is 0 Å². The number of carbonyl (C=O) groups is 1. The van der Waals surface area contributed by atoms with Crippen LogP contribution in [-0.4, -0.2) is 66.0 Å². The molecule has 5 nitrogen and oxygen atoms in total. The average Bonchev–Trinajstić information content (AvgIpc) is 2.94. The molecule has 5 heteroatoms. The molecule has 2 aromatic rings. The highest BCUT2D eigenvalue weighted by atomic mass is 16.2. The summed E-state index contributed by atoms with van der Waals surface area (Å²) < 4.78 is 0. The third-order valence-electron chi connectivity index (χ3n) is 4.70. The van der Waals surface area contributed by atoms with Crippen molar-refractivity contribution in [1.82, 2.24) is 20.1 Å². The lowest BCUT2D eigenvalue weighted by molar-refractivity contribution is 0.0503. The maximum atomic E-state index is 12.8. The first-order valence-electron chi connectivity index (χ1n) is 7.63. The topological polar surface area (TPSA) is 51.4 Å². The van der Waals surface area contributed by atoms with E-state index in [1.165, 1.54) is 0 Å². The zero-order valence-corrected chi connectivity index (χ0v) is 12.0. The summed E-state index contributed by atoms with van der Waals surface area (Å²) >= 11 is 0. The number of benzene rings is 1. The van der Waals surface area contributed by atoms with Gasteiger partial charge in [-0.05, 0) is 18.2 Å². The monoisotopic (exact) mass is 284 g/mol. The first-order valence-corrected chi connectivity index (χ1v) is 7.63. The Morgan fingerprint density at radius 1 is 1.10 bits per heavy atom. The van der Waals surface area contributed by atoms with Crippen LogP contribution in [0.1, 0.15) is 10.4 Å². The molecule has 2 saturated heterocycles. The number of hydrogen-bond donors (Lipinski definition) is 2. The molecule has 0 unspecified atom stereocenters. The highest BCUT2D eigenvalue weighted by Gasteiger charge is 2.29. The van der Waals surface area contributed by atoms with Gasteiger partial charge in [0.2, 0.25) is 0 Å². The Hall–Kier alpha value is -1.85. The highest BCUT2D eigenvalue weighted by Crippen LogP contribution is 2.20. The van der Waals surface area contributed by atoms with Crippen LogP contribution in [0.4, 0.5) is 0 Å². The molecule has 1 aromatic carbocycles. The van der Waals surface area contributed by atoms with Gasteiger partial charge in [-0.1, -0.05) is 6.07 Å². The second kappa shape index (κ2) is 5.16. The van der Waals surface area contributed by atoms with E-state index in [0.29, 0.717) is 6.04 Å². The van der Waals surface area contributed by atoms with Crippen LogP contribution in [0.25, 0.3) is 10.9 Å². The largest absolute Gasteiger partial charge is 0.361 e. The molecule has 110 valence electrons. The quantitative estimate of drug-likeness (QED) is 0.861. The number of rotatable bonds is 2. The first-order chi connectivity index (χ1) is 10.3. The number of H-pyrrole nitrogens is 1. The van der Waals surface area contributed by atoms with Crippen LogP contribution in [0.3, 0.4) is 0 Å². The lowest BCUT2D eigenvalue weighted by Gasteiger charge is -2.43. The molecule has 0 atom stereocenters. The maximum Gasteiger partial charge on any atom is 0.254 e. The molecule has 2 fully saturated rings. The second-order valence-electron chi connectivity index (χ2n) is 5.88. The Labute approximate surface area is 123 Å². The van der Waals surface area contributed by atoms with E-state index in [1.807, 2.05) is 35.4 Å². The van der Waals surface area contributed by atoms with Crippen LogP contribution in [0.15, 0.2) is 30.5 Å². The molecule has 1 aromatic heterocycles. The SMILES string of the molecule is O=C(c1cccc2[nH]ccc12)N1CCN(C2CNC2)CC1. The lowest BCUT2D eigenvalue weighted by atomic mass is 10.1. The summed E-state index contributed by atoms with van der Waals surface area (Å²) in [5.74, 6) is 0.159. The van der Waals surface area contributed by atoms with Crippen LogP contribution in [0.5, 0.6) is 0 Å². The standard InChI is InChI=1S/C16H20N4O/c21-16(14-2-1-3-15-13(14)4-5-18-15)20-8-6-19(7-9-20)12-10-17-11-12/h1-5,12,17-18H,6-11H2. The van der Waals surface area contributed by atoms with E-state index in [0.717, 1.165) is 55.7 Å². The van der Waals surface area contributed by atoms with E-state index in [2.05, 4.69) is 15.2 Å². The Morgan fingerprint density at radius 2 is 1.90 bits per heavy atom. The van der Waals surface area contributed by atoms with Crippen molar-refractivity contribution in [3.05, 3.63) is 36.0 Å². The maximum absolute atomic E-state index is 12.8. The summed E-state index contributed by atoms with van der Waals surface area (Å²) in [6, 6.07) is 8.55. The fraction of sp³-hybridized carbons (Fsp3) is 0.438. The minimum Gasteiger partial charge on any atom is -0.361 e. The number of hydrogen-bond acceptors (Lipinski definition) is 3. The third kappa shape index (κ3) is 2.22. The van der Waals surface area contributed by atoms with Gasteiger partial charge in [0.05, 0.1) is 0 Å². The molecule has 0 aliphatic carbocycles. The number of carbonyl (C=O) groups excluding carboxylic acids is 1. The van der Waals surface area contributed by atoms with Gasteiger partial charge < -0.3 is 15.2 Å². The van der Waals surface area contributed by atoms with Crippen molar-refractivity contribution in [2.45, 2.75) is 6.04 Å². The minimum absolute atomic E-state index is 0.159. The van der Waals surface area contributed by atoms with E-state index >= 15 is 0 Å². The Morgan fingerprint density at radius 3 is 2.62 bits per heavy atom. The van der Waals surface area contributed by atoms with Gasteiger partial charge in [0.1, 0.15) is 0 Å². The van der Waals surface area contributed by atoms with Gasteiger partial charge in [-0.15, -0.1) is 0 Å². The predicted molar refractivity (Wildman–Crippen MR) is 82.4 cm³/mol. The fourth-order valence-corrected chi connectivity index (χ4v) is 3.26. The van der Waals surface area contributed by atoms with Crippen LogP contribution in [-0.2, 0) is 0 Å². The van der Waals surface area contributed by atoms with Gasteiger partial charge in [0, 0.05) is 68.0 Å². The number of piperazine rings is 1. The Balaban J connectivity index is 1.49. The van der Waals surface area contributed by atoms with E-state index in [-0.39, 0.29) is 5.91 Å². The van der Waals surface area contributed by atoms with Gasteiger partial charge >= 0.3 is 0 Å². The normalized spacial score (nSPS) is 20.7. The Bertz CT molecular complexity index is 653. The van der Waals surface area contributed by atoms with Gasteiger partial charge in [-0.3, -0.25) is 9.69 Å². The molecule has 4 rings (SSSR count). The van der Waals surface area contributed by atoms with Crippen molar-refractivity contribution in [2.24, 2.45) is 0 Å². The molecular formula is C16H20N4O. The summed E-state index contributed by atoms with van der Waals surface area (Å²) in [6.07, 6.45) is 1.89. The highest BCUT2D eigenvalue weighted by molar-refractivity contribution is 6.06. The number of fused-ring (bicyclic) bond motifs is 1. The first kappa shape index (κ1) is 12.9. The van der Waals surface area contributed by atoms with Gasteiger partial charge in [-0.25, -0.2) is 0 Å². The van der Waals surface area contributed by atoms with Gasteiger partial charge in [-0.2, -0.15) is 0 Å².